The second-order valence-electron chi connectivity index (χ2n) is 6.24. The fraction of sp³-hybridized carbons (Fsp3) is 0.316. The minimum absolute atomic E-state index is 0.0236. The number of aromatic nitrogens is 1. The highest BCUT2D eigenvalue weighted by Gasteiger charge is 2.23. The van der Waals surface area contributed by atoms with E-state index in [1.54, 1.807) is 19.2 Å². The lowest BCUT2D eigenvalue weighted by Gasteiger charge is -2.15. The van der Waals surface area contributed by atoms with Crippen molar-refractivity contribution in [2.45, 2.75) is 13.3 Å². The highest BCUT2D eigenvalue weighted by atomic mass is 16.5. The van der Waals surface area contributed by atoms with Gasteiger partial charge in [0.15, 0.2) is 5.75 Å². The molecule has 7 heteroatoms. The number of aryl methyl sites for hydroxylation is 1. The quantitative estimate of drug-likeness (QED) is 0.765. The van der Waals surface area contributed by atoms with Gasteiger partial charge in [0.05, 0.1) is 11.6 Å². The number of carbonyl (C=O) groups excluding carboxylic acids is 2. The van der Waals surface area contributed by atoms with Crippen LogP contribution < -0.4 is 20.7 Å². The van der Waals surface area contributed by atoms with Crippen molar-refractivity contribution in [2.75, 3.05) is 25.5 Å². The zero-order valence-electron chi connectivity index (χ0n) is 14.8. The molecule has 7 nitrogen and oxygen atoms in total. The Balaban J connectivity index is 1.82. The van der Waals surface area contributed by atoms with Gasteiger partial charge in [-0.2, -0.15) is 0 Å². The van der Waals surface area contributed by atoms with Crippen molar-refractivity contribution in [3.8, 4) is 11.5 Å². The molecule has 1 aliphatic heterocycles. The highest BCUT2D eigenvalue weighted by molar-refractivity contribution is 5.94. The van der Waals surface area contributed by atoms with Crippen LogP contribution in [-0.4, -0.2) is 36.9 Å². The van der Waals surface area contributed by atoms with Crippen molar-refractivity contribution in [2.24, 2.45) is 5.92 Å². The summed E-state index contributed by atoms with van der Waals surface area (Å²) in [5, 5.41) is 8.67. The van der Waals surface area contributed by atoms with Gasteiger partial charge in [0.1, 0.15) is 11.4 Å². The Morgan fingerprint density at radius 1 is 1.27 bits per heavy atom. The van der Waals surface area contributed by atoms with Crippen LogP contribution in [0, 0.1) is 12.8 Å². The van der Waals surface area contributed by atoms with Gasteiger partial charge in [-0.3, -0.25) is 14.6 Å². The number of ether oxygens (including phenoxy) is 1. The molecule has 0 aliphatic carbocycles. The molecule has 26 heavy (non-hydrogen) atoms. The number of nitrogens with zero attached hydrogens (tertiary/aromatic N) is 1. The zero-order valence-corrected chi connectivity index (χ0v) is 14.8. The number of hydrogen-bond donors (Lipinski definition) is 3. The maximum absolute atomic E-state index is 12.4. The van der Waals surface area contributed by atoms with Crippen LogP contribution in [0.2, 0.25) is 0 Å². The van der Waals surface area contributed by atoms with Gasteiger partial charge in [0.25, 0.3) is 5.91 Å². The van der Waals surface area contributed by atoms with E-state index in [9.17, 15) is 9.59 Å². The summed E-state index contributed by atoms with van der Waals surface area (Å²) in [7, 11) is 1.55. The van der Waals surface area contributed by atoms with Crippen LogP contribution >= 0.6 is 0 Å². The van der Waals surface area contributed by atoms with E-state index in [0.717, 1.165) is 18.5 Å². The minimum atomic E-state index is -0.290. The van der Waals surface area contributed by atoms with Crippen molar-refractivity contribution in [3.63, 3.8) is 0 Å². The molecule has 1 saturated heterocycles. The van der Waals surface area contributed by atoms with E-state index in [1.165, 1.54) is 6.20 Å². The third kappa shape index (κ3) is 4.18. The molecule has 1 unspecified atom stereocenters. The van der Waals surface area contributed by atoms with Crippen LogP contribution in [0.4, 0.5) is 5.69 Å². The van der Waals surface area contributed by atoms with Crippen molar-refractivity contribution >= 4 is 17.5 Å². The fourth-order valence-corrected chi connectivity index (χ4v) is 2.78. The molecule has 1 aromatic carbocycles. The van der Waals surface area contributed by atoms with E-state index in [-0.39, 0.29) is 23.4 Å². The fourth-order valence-electron chi connectivity index (χ4n) is 2.78. The van der Waals surface area contributed by atoms with Crippen molar-refractivity contribution in [3.05, 3.63) is 47.8 Å². The molecule has 1 aromatic heterocycles. The van der Waals surface area contributed by atoms with Crippen LogP contribution in [0.25, 0.3) is 0 Å². The number of benzene rings is 1. The number of pyridine rings is 1. The summed E-state index contributed by atoms with van der Waals surface area (Å²) in [6.45, 7) is 3.49. The van der Waals surface area contributed by atoms with E-state index in [4.69, 9.17) is 4.74 Å². The molecule has 2 amide bonds. The second-order valence-corrected chi connectivity index (χ2v) is 6.24. The predicted molar refractivity (Wildman–Crippen MR) is 98.5 cm³/mol. The molecule has 0 spiro atoms. The maximum atomic E-state index is 12.4. The van der Waals surface area contributed by atoms with Gasteiger partial charge in [0.2, 0.25) is 5.91 Å². The number of anilines is 1. The maximum Gasteiger partial charge on any atom is 0.269 e. The molecular weight excluding hydrogens is 332 g/mol. The molecule has 0 saturated carbocycles. The van der Waals surface area contributed by atoms with E-state index >= 15 is 0 Å². The molecular formula is C19H22N4O3. The number of nitrogens with one attached hydrogen (secondary N) is 3. The SMILES string of the molecule is CNC(=O)c1cc(Oc2cc(C)ccc2NC(=O)C2CCNC2)ccn1. The summed E-state index contributed by atoms with van der Waals surface area (Å²) in [5.74, 6) is 0.650. The molecule has 2 aromatic rings. The van der Waals surface area contributed by atoms with Gasteiger partial charge in [-0.25, -0.2) is 0 Å². The topological polar surface area (TPSA) is 92.4 Å². The predicted octanol–water partition coefficient (Wildman–Crippen LogP) is 2.09. The Morgan fingerprint density at radius 2 is 2.12 bits per heavy atom. The van der Waals surface area contributed by atoms with E-state index < -0.39 is 0 Å². The van der Waals surface area contributed by atoms with Gasteiger partial charge >= 0.3 is 0 Å². The Morgan fingerprint density at radius 3 is 2.85 bits per heavy atom. The monoisotopic (exact) mass is 354 g/mol. The first kappa shape index (κ1) is 17.9. The van der Waals surface area contributed by atoms with Crippen molar-refractivity contribution in [1.29, 1.82) is 0 Å². The van der Waals surface area contributed by atoms with Crippen LogP contribution in [0.15, 0.2) is 36.5 Å². The Bertz CT molecular complexity index is 816. The smallest absolute Gasteiger partial charge is 0.269 e. The molecule has 1 aliphatic rings. The van der Waals surface area contributed by atoms with E-state index in [1.807, 2.05) is 25.1 Å². The van der Waals surface area contributed by atoms with Crippen molar-refractivity contribution < 1.29 is 14.3 Å². The lowest BCUT2D eigenvalue weighted by molar-refractivity contribution is -0.119. The molecule has 3 rings (SSSR count). The average Bonchev–Trinajstić information content (AvgIpc) is 3.18. The molecule has 1 fully saturated rings. The summed E-state index contributed by atoms with van der Waals surface area (Å²) >= 11 is 0. The van der Waals surface area contributed by atoms with E-state index in [0.29, 0.717) is 23.7 Å². The Labute approximate surface area is 152 Å². The number of amides is 2. The second kappa shape index (κ2) is 7.97. The first-order valence-corrected chi connectivity index (χ1v) is 8.55. The molecule has 1 atom stereocenters. The summed E-state index contributed by atoms with van der Waals surface area (Å²) in [6, 6.07) is 8.82. The minimum Gasteiger partial charge on any atom is -0.455 e. The summed E-state index contributed by atoms with van der Waals surface area (Å²) in [4.78, 5) is 28.2. The first-order chi connectivity index (χ1) is 12.6. The molecule has 0 radical (unpaired) electrons. The summed E-state index contributed by atoms with van der Waals surface area (Å²) in [5.41, 5.74) is 1.87. The lowest BCUT2D eigenvalue weighted by atomic mass is 10.1. The average molecular weight is 354 g/mol. The van der Waals surface area contributed by atoms with Crippen LogP contribution in [-0.2, 0) is 4.79 Å². The van der Waals surface area contributed by atoms with Crippen LogP contribution in [0.3, 0.4) is 0 Å². The molecule has 0 bridgehead atoms. The van der Waals surface area contributed by atoms with Gasteiger partial charge < -0.3 is 20.7 Å². The van der Waals surface area contributed by atoms with Gasteiger partial charge in [-0.05, 0) is 43.7 Å². The van der Waals surface area contributed by atoms with Gasteiger partial charge in [0, 0.05) is 25.9 Å². The van der Waals surface area contributed by atoms with Crippen LogP contribution in [0.1, 0.15) is 22.5 Å². The standard InChI is InChI=1S/C19H22N4O3/c1-12-3-4-15(23-18(24)13-5-7-21-11-13)17(9-12)26-14-6-8-22-16(10-14)19(25)20-2/h3-4,6,8-10,13,21H,5,7,11H2,1-2H3,(H,20,25)(H,23,24). The third-order valence-corrected chi connectivity index (χ3v) is 4.24. The largest absolute Gasteiger partial charge is 0.455 e. The number of carbonyl (C=O) groups is 2. The zero-order chi connectivity index (χ0) is 18.5. The van der Waals surface area contributed by atoms with Crippen molar-refractivity contribution in [1.82, 2.24) is 15.6 Å². The molecule has 3 N–H and O–H groups in total. The van der Waals surface area contributed by atoms with Gasteiger partial charge in [-0.15, -0.1) is 0 Å². The normalized spacial score (nSPS) is 16.2. The van der Waals surface area contributed by atoms with Crippen LogP contribution in [0.5, 0.6) is 11.5 Å². The van der Waals surface area contributed by atoms with E-state index in [2.05, 4.69) is 20.9 Å². The Hall–Kier alpha value is -2.93. The Kier molecular flexibility index (Phi) is 5.48. The summed E-state index contributed by atoms with van der Waals surface area (Å²) in [6.07, 6.45) is 2.34. The third-order valence-electron chi connectivity index (χ3n) is 4.24. The number of hydrogen-bond acceptors (Lipinski definition) is 5. The molecule has 136 valence electrons. The first-order valence-electron chi connectivity index (χ1n) is 8.55. The molecule has 2 heterocycles. The van der Waals surface area contributed by atoms with Gasteiger partial charge in [-0.1, -0.05) is 6.07 Å². The lowest BCUT2D eigenvalue weighted by Crippen LogP contribution is -2.24. The highest BCUT2D eigenvalue weighted by Crippen LogP contribution is 2.31. The number of rotatable bonds is 5. The summed E-state index contributed by atoms with van der Waals surface area (Å²) < 4.78 is 5.94.